The van der Waals surface area contributed by atoms with Gasteiger partial charge in [-0.05, 0) is 35.7 Å². The van der Waals surface area contributed by atoms with Crippen LogP contribution in [0.1, 0.15) is 17.5 Å². The molecule has 0 saturated carbocycles. The van der Waals surface area contributed by atoms with E-state index in [2.05, 4.69) is 9.88 Å². The van der Waals surface area contributed by atoms with Crippen molar-refractivity contribution in [3.63, 3.8) is 0 Å². The van der Waals surface area contributed by atoms with Crippen molar-refractivity contribution in [2.75, 3.05) is 19.6 Å². The minimum absolute atomic E-state index is 0.253. The summed E-state index contributed by atoms with van der Waals surface area (Å²) in [5, 5.41) is 9.38. The average molecular weight is 337 g/mol. The van der Waals surface area contributed by atoms with Crippen molar-refractivity contribution in [1.82, 2.24) is 14.8 Å². The van der Waals surface area contributed by atoms with E-state index in [4.69, 9.17) is 0 Å². The fraction of sp³-hybridized carbons (Fsp3) is 0.400. The molecule has 0 aliphatic carbocycles. The predicted molar refractivity (Wildman–Crippen MR) is 94.9 cm³/mol. The number of aromatic nitrogens is 1. The minimum atomic E-state index is 0.253. The SMILES string of the molecule is O=C(CCc1cccnc1)N1C[C@@H]2CN(Cc3ccc(O)cc3)[C@@H]2C1. The van der Waals surface area contributed by atoms with Crippen molar-refractivity contribution in [3.05, 3.63) is 59.9 Å². The number of aryl methyl sites for hydroxylation is 1. The zero-order valence-corrected chi connectivity index (χ0v) is 14.2. The van der Waals surface area contributed by atoms with E-state index < -0.39 is 0 Å². The van der Waals surface area contributed by atoms with Crippen molar-refractivity contribution in [1.29, 1.82) is 0 Å². The van der Waals surface area contributed by atoms with Crippen molar-refractivity contribution in [2.45, 2.75) is 25.4 Å². The molecule has 0 spiro atoms. The number of pyridine rings is 1. The van der Waals surface area contributed by atoms with Crippen LogP contribution < -0.4 is 0 Å². The van der Waals surface area contributed by atoms with Gasteiger partial charge in [-0.2, -0.15) is 0 Å². The van der Waals surface area contributed by atoms with E-state index >= 15 is 0 Å². The van der Waals surface area contributed by atoms with Crippen molar-refractivity contribution >= 4 is 5.91 Å². The number of likely N-dealkylation sites (tertiary alicyclic amines) is 2. The summed E-state index contributed by atoms with van der Waals surface area (Å²) >= 11 is 0. The molecule has 5 heteroatoms. The van der Waals surface area contributed by atoms with Crippen LogP contribution in [-0.4, -0.2) is 51.5 Å². The molecule has 2 aromatic rings. The van der Waals surface area contributed by atoms with Crippen LogP contribution >= 0.6 is 0 Å². The Morgan fingerprint density at radius 1 is 1.12 bits per heavy atom. The lowest BCUT2D eigenvalue weighted by atomic mass is 9.91. The maximum Gasteiger partial charge on any atom is 0.222 e. The molecule has 2 fully saturated rings. The summed E-state index contributed by atoms with van der Waals surface area (Å²) in [7, 11) is 0. The molecule has 2 aliphatic heterocycles. The first-order valence-electron chi connectivity index (χ1n) is 8.87. The highest BCUT2D eigenvalue weighted by atomic mass is 16.3. The second kappa shape index (κ2) is 6.84. The number of carbonyl (C=O) groups is 1. The lowest BCUT2D eigenvalue weighted by molar-refractivity contribution is -0.130. The molecule has 25 heavy (non-hydrogen) atoms. The van der Waals surface area contributed by atoms with Gasteiger partial charge in [-0.3, -0.25) is 14.7 Å². The van der Waals surface area contributed by atoms with Crippen LogP contribution in [0.4, 0.5) is 0 Å². The van der Waals surface area contributed by atoms with Crippen LogP contribution in [0.5, 0.6) is 5.75 Å². The number of hydrogen-bond donors (Lipinski definition) is 1. The molecule has 130 valence electrons. The number of fused-ring (bicyclic) bond motifs is 1. The second-order valence-corrected chi connectivity index (χ2v) is 7.08. The first-order chi connectivity index (χ1) is 12.2. The highest BCUT2D eigenvalue weighted by molar-refractivity contribution is 5.77. The monoisotopic (exact) mass is 337 g/mol. The maximum absolute atomic E-state index is 12.5. The van der Waals surface area contributed by atoms with Crippen LogP contribution in [0.3, 0.4) is 0 Å². The van der Waals surface area contributed by atoms with Crippen LogP contribution in [0.25, 0.3) is 0 Å². The van der Waals surface area contributed by atoms with Crippen molar-refractivity contribution in [3.8, 4) is 5.75 Å². The van der Waals surface area contributed by atoms with Gasteiger partial charge < -0.3 is 10.0 Å². The quantitative estimate of drug-likeness (QED) is 0.907. The average Bonchev–Trinajstić information content (AvgIpc) is 2.97. The lowest BCUT2D eigenvalue weighted by Crippen LogP contribution is -2.54. The highest BCUT2D eigenvalue weighted by Crippen LogP contribution is 2.34. The zero-order valence-electron chi connectivity index (χ0n) is 14.2. The number of phenolic OH excluding ortho intramolecular Hbond substituents is 1. The molecule has 2 saturated heterocycles. The second-order valence-electron chi connectivity index (χ2n) is 7.08. The summed E-state index contributed by atoms with van der Waals surface area (Å²) in [6.07, 6.45) is 4.91. The number of carbonyl (C=O) groups excluding carboxylic acids is 1. The summed E-state index contributed by atoms with van der Waals surface area (Å²) < 4.78 is 0. The van der Waals surface area contributed by atoms with E-state index in [1.54, 1.807) is 18.3 Å². The fourth-order valence-corrected chi connectivity index (χ4v) is 3.92. The van der Waals surface area contributed by atoms with E-state index in [0.29, 0.717) is 24.1 Å². The van der Waals surface area contributed by atoms with Crippen molar-refractivity contribution in [2.24, 2.45) is 5.92 Å². The Morgan fingerprint density at radius 2 is 1.96 bits per heavy atom. The summed E-state index contributed by atoms with van der Waals surface area (Å²) in [5.74, 6) is 1.17. The van der Waals surface area contributed by atoms with Crippen LogP contribution in [0.15, 0.2) is 48.8 Å². The summed E-state index contributed by atoms with van der Waals surface area (Å²) in [6, 6.07) is 11.8. The molecule has 1 amide bonds. The van der Waals surface area contributed by atoms with Crippen molar-refractivity contribution < 1.29 is 9.90 Å². The molecule has 5 nitrogen and oxygen atoms in total. The van der Waals surface area contributed by atoms with Gasteiger partial charge in [0.15, 0.2) is 0 Å². The van der Waals surface area contributed by atoms with Gasteiger partial charge in [-0.1, -0.05) is 18.2 Å². The molecule has 2 atom stereocenters. The van der Waals surface area contributed by atoms with Gasteiger partial charge in [0.25, 0.3) is 0 Å². The summed E-state index contributed by atoms with van der Waals surface area (Å²) in [5.41, 5.74) is 2.32. The predicted octanol–water partition coefficient (Wildman–Crippen LogP) is 2.06. The molecule has 2 aliphatic rings. The number of aromatic hydroxyl groups is 1. The molecular weight excluding hydrogens is 314 g/mol. The van der Waals surface area contributed by atoms with Gasteiger partial charge in [0.2, 0.25) is 5.91 Å². The molecule has 3 heterocycles. The lowest BCUT2D eigenvalue weighted by Gasteiger charge is -2.43. The standard InChI is InChI=1S/C20H23N3O2/c24-18-6-3-16(4-7-18)11-22-12-17-13-23(14-19(17)22)20(25)8-5-15-2-1-9-21-10-15/h1-4,6-7,9-10,17,19,24H,5,8,11-14H2/t17-,19+/m0/s1. The van der Waals surface area contributed by atoms with Gasteiger partial charge in [0.05, 0.1) is 0 Å². The Morgan fingerprint density at radius 3 is 2.72 bits per heavy atom. The number of benzene rings is 1. The Hall–Kier alpha value is -2.40. The molecule has 1 N–H and O–H groups in total. The third kappa shape index (κ3) is 3.51. The Labute approximate surface area is 147 Å². The largest absolute Gasteiger partial charge is 0.508 e. The van der Waals surface area contributed by atoms with Gasteiger partial charge in [-0.15, -0.1) is 0 Å². The molecule has 1 aromatic heterocycles. The molecular formula is C20H23N3O2. The zero-order chi connectivity index (χ0) is 17.2. The fourth-order valence-electron chi connectivity index (χ4n) is 3.92. The summed E-state index contributed by atoms with van der Waals surface area (Å²) in [6.45, 7) is 3.67. The molecule has 0 radical (unpaired) electrons. The normalized spacial score (nSPS) is 22.5. The number of nitrogens with zero attached hydrogens (tertiary/aromatic N) is 3. The Kier molecular flexibility index (Phi) is 4.40. The van der Waals surface area contributed by atoms with Gasteiger partial charge in [0.1, 0.15) is 5.75 Å². The van der Waals surface area contributed by atoms with Gasteiger partial charge in [-0.25, -0.2) is 0 Å². The van der Waals surface area contributed by atoms with Gasteiger partial charge >= 0.3 is 0 Å². The minimum Gasteiger partial charge on any atom is -0.508 e. The molecule has 0 bridgehead atoms. The van der Waals surface area contributed by atoms with Crippen LogP contribution in [0.2, 0.25) is 0 Å². The Balaban J connectivity index is 1.28. The van der Waals surface area contributed by atoms with E-state index in [0.717, 1.165) is 38.2 Å². The first kappa shape index (κ1) is 16.1. The van der Waals surface area contributed by atoms with Crippen LogP contribution in [-0.2, 0) is 17.8 Å². The third-order valence-corrected chi connectivity index (χ3v) is 5.37. The smallest absolute Gasteiger partial charge is 0.222 e. The van der Waals surface area contributed by atoms with E-state index in [9.17, 15) is 9.90 Å². The molecule has 1 aromatic carbocycles. The first-order valence-corrected chi connectivity index (χ1v) is 8.87. The molecule has 0 unspecified atom stereocenters. The number of phenols is 1. The number of hydrogen-bond acceptors (Lipinski definition) is 4. The van der Waals surface area contributed by atoms with E-state index in [1.807, 2.05) is 35.4 Å². The Bertz CT molecular complexity index is 732. The van der Waals surface area contributed by atoms with Gasteiger partial charge in [0, 0.05) is 57.0 Å². The number of rotatable bonds is 5. The van der Waals surface area contributed by atoms with E-state index in [-0.39, 0.29) is 5.91 Å². The maximum atomic E-state index is 12.5. The molecule has 4 rings (SSSR count). The van der Waals surface area contributed by atoms with E-state index in [1.165, 1.54) is 5.56 Å². The number of amides is 1. The highest BCUT2D eigenvalue weighted by Gasteiger charge is 2.46. The van der Waals surface area contributed by atoms with Crippen LogP contribution in [0, 0.1) is 5.92 Å². The topological polar surface area (TPSA) is 56.7 Å². The third-order valence-electron chi connectivity index (χ3n) is 5.37. The summed E-state index contributed by atoms with van der Waals surface area (Å²) in [4.78, 5) is 21.1.